The maximum absolute atomic E-state index is 13.4. The van der Waals surface area contributed by atoms with Crippen molar-refractivity contribution in [2.75, 3.05) is 20.1 Å². The minimum absolute atomic E-state index is 0.154. The van der Waals surface area contributed by atoms with Gasteiger partial charge in [0.05, 0.1) is 18.7 Å². The highest BCUT2D eigenvalue weighted by molar-refractivity contribution is 5.75. The van der Waals surface area contributed by atoms with Crippen LogP contribution in [0.3, 0.4) is 0 Å². The smallest absolute Gasteiger partial charge is 0.231 e. The average molecular weight is 249 g/mol. The first kappa shape index (κ1) is 14.2. The first-order valence-corrected chi connectivity index (χ1v) is 5.47. The van der Waals surface area contributed by atoms with Gasteiger partial charge in [-0.15, -0.1) is 0 Å². The van der Waals surface area contributed by atoms with Gasteiger partial charge in [0.1, 0.15) is 5.82 Å². The Bertz CT molecular complexity index is 491. The van der Waals surface area contributed by atoms with Crippen LogP contribution >= 0.6 is 0 Å². The molecule has 0 saturated carbocycles. The molecule has 4 nitrogen and oxygen atoms in total. The van der Waals surface area contributed by atoms with Gasteiger partial charge in [0.2, 0.25) is 5.91 Å². The summed E-state index contributed by atoms with van der Waals surface area (Å²) in [6.45, 7) is 0.840. The number of carbonyl (C=O) groups is 1. The highest BCUT2D eigenvalue weighted by atomic mass is 19.1. The molecule has 0 fully saturated rings. The summed E-state index contributed by atoms with van der Waals surface area (Å²) in [4.78, 5) is 12.5. The van der Waals surface area contributed by atoms with Gasteiger partial charge in [-0.05, 0) is 24.7 Å². The number of primary amides is 1. The predicted octanol–water partition coefficient (Wildman–Crippen LogP) is 0.0530. The molecule has 5 heteroatoms. The molecule has 1 rings (SSSR count). The summed E-state index contributed by atoms with van der Waals surface area (Å²) in [5.41, 5.74) is 11.5. The lowest BCUT2D eigenvalue weighted by Crippen LogP contribution is -2.30. The van der Waals surface area contributed by atoms with E-state index in [1.807, 2.05) is 0 Å². The Labute approximate surface area is 106 Å². The summed E-state index contributed by atoms with van der Waals surface area (Å²) in [7, 11) is 1.76. The van der Waals surface area contributed by atoms with E-state index in [0.29, 0.717) is 12.1 Å². The largest absolute Gasteiger partial charge is 0.369 e. The van der Waals surface area contributed by atoms with Crippen molar-refractivity contribution in [3.63, 3.8) is 0 Å². The van der Waals surface area contributed by atoms with Crippen LogP contribution in [0.4, 0.5) is 4.39 Å². The Kier molecular flexibility index (Phi) is 5.31. The minimum Gasteiger partial charge on any atom is -0.369 e. The molecular weight excluding hydrogens is 233 g/mol. The van der Waals surface area contributed by atoms with Crippen molar-refractivity contribution in [2.45, 2.75) is 6.54 Å². The molecule has 0 unspecified atom stereocenters. The minimum atomic E-state index is -0.400. The van der Waals surface area contributed by atoms with E-state index >= 15 is 0 Å². The lowest BCUT2D eigenvalue weighted by Gasteiger charge is -2.14. The number of hydrogen-bond acceptors (Lipinski definition) is 3. The SMILES string of the molecule is CN(CC(N)=O)Cc1ccc(F)c(C#CCN)c1. The molecule has 0 aliphatic rings. The van der Waals surface area contributed by atoms with Gasteiger partial charge >= 0.3 is 0 Å². The van der Waals surface area contributed by atoms with Crippen LogP contribution in [0.1, 0.15) is 11.1 Å². The molecule has 0 spiro atoms. The molecule has 0 heterocycles. The number of amides is 1. The van der Waals surface area contributed by atoms with Gasteiger partial charge in [0, 0.05) is 6.54 Å². The Balaban J connectivity index is 2.81. The number of benzene rings is 1. The molecule has 0 atom stereocenters. The van der Waals surface area contributed by atoms with E-state index in [1.54, 1.807) is 24.1 Å². The fourth-order valence-corrected chi connectivity index (χ4v) is 1.55. The van der Waals surface area contributed by atoms with Crippen LogP contribution in [0.2, 0.25) is 0 Å². The van der Waals surface area contributed by atoms with Gasteiger partial charge in [-0.3, -0.25) is 9.69 Å². The van der Waals surface area contributed by atoms with Crippen molar-refractivity contribution in [1.82, 2.24) is 4.90 Å². The van der Waals surface area contributed by atoms with Crippen LogP contribution < -0.4 is 11.5 Å². The molecule has 18 heavy (non-hydrogen) atoms. The summed E-state index contributed by atoms with van der Waals surface area (Å²) < 4.78 is 13.4. The van der Waals surface area contributed by atoms with Gasteiger partial charge in [-0.1, -0.05) is 17.9 Å². The number of likely N-dealkylation sites (N-methyl/N-ethyl adjacent to an activating group) is 1. The standard InChI is InChI=1S/C13H16FN3O/c1-17(9-13(16)18)8-10-4-5-12(14)11(7-10)3-2-6-15/h4-5,7H,6,8-9,15H2,1H3,(H2,16,18). The number of carbonyl (C=O) groups excluding carboxylic acids is 1. The first-order valence-electron chi connectivity index (χ1n) is 5.47. The molecule has 4 N–H and O–H groups in total. The van der Waals surface area contributed by atoms with Gasteiger partial charge in [0.15, 0.2) is 0 Å². The molecule has 0 aliphatic carbocycles. The molecule has 0 aromatic heterocycles. The summed E-state index contributed by atoms with van der Waals surface area (Å²) in [6.07, 6.45) is 0. The van der Waals surface area contributed by atoms with Gasteiger partial charge in [0.25, 0.3) is 0 Å². The zero-order valence-corrected chi connectivity index (χ0v) is 10.2. The normalized spacial score (nSPS) is 10.0. The third kappa shape index (κ3) is 4.53. The van der Waals surface area contributed by atoms with Crippen molar-refractivity contribution < 1.29 is 9.18 Å². The topological polar surface area (TPSA) is 72.3 Å². The second-order valence-corrected chi connectivity index (χ2v) is 3.96. The Morgan fingerprint density at radius 2 is 2.22 bits per heavy atom. The van der Waals surface area contributed by atoms with E-state index in [4.69, 9.17) is 11.5 Å². The van der Waals surface area contributed by atoms with Crippen LogP contribution in [-0.2, 0) is 11.3 Å². The summed E-state index contributed by atoms with van der Waals surface area (Å²) in [5, 5.41) is 0. The third-order valence-electron chi connectivity index (χ3n) is 2.23. The van der Waals surface area contributed by atoms with E-state index in [9.17, 15) is 9.18 Å². The zero-order chi connectivity index (χ0) is 13.5. The van der Waals surface area contributed by atoms with Crippen molar-refractivity contribution in [1.29, 1.82) is 0 Å². The molecule has 96 valence electrons. The molecule has 1 aromatic rings. The van der Waals surface area contributed by atoms with E-state index in [-0.39, 0.29) is 18.9 Å². The van der Waals surface area contributed by atoms with Gasteiger partial charge in [-0.25, -0.2) is 4.39 Å². The summed E-state index contributed by atoms with van der Waals surface area (Å²) in [6, 6.07) is 4.66. The maximum atomic E-state index is 13.4. The second kappa shape index (κ2) is 6.74. The van der Waals surface area contributed by atoms with Crippen LogP contribution in [-0.4, -0.2) is 30.9 Å². The monoisotopic (exact) mass is 249 g/mol. The van der Waals surface area contributed by atoms with Crippen molar-refractivity contribution >= 4 is 5.91 Å². The highest BCUT2D eigenvalue weighted by Crippen LogP contribution is 2.11. The molecule has 0 bridgehead atoms. The number of nitrogens with zero attached hydrogens (tertiary/aromatic N) is 1. The molecule has 0 saturated heterocycles. The van der Waals surface area contributed by atoms with E-state index in [0.717, 1.165) is 5.56 Å². The molecular formula is C13H16FN3O. The number of halogens is 1. The summed E-state index contributed by atoms with van der Waals surface area (Å²) >= 11 is 0. The van der Waals surface area contributed by atoms with Crippen LogP contribution in [0.5, 0.6) is 0 Å². The van der Waals surface area contributed by atoms with E-state index in [1.165, 1.54) is 6.07 Å². The Morgan fingerprint density at radius 3 is 2.83 bits per heavy atom. The van der Waals surface area contributed by atoms with E-state index < -0.39 is 5.91 Å². The van der Waals surface area contributed by atoms with Crippen molar-refractivity contribution in [3.8, 4) is 11.8 Å². The third-order valence-corrected chi connectivity index (χ3v) is 2.23. The molecule has 0 aliphatic heterocycles. The van der Waals surface area contributed by atoms with Crippen molar-refractivity contribution in [2.24, 2.45) is 11.5 Å². The van der Waals surface area contributed by atoms with Crippen LogP contribution in [0.25, 0.3) is 0 Å². The van der Waals surface area contributed by atoms with Crippen LogP contribution in [0.15, 0.2) is 18.2 Å². The van der Waals surface area contributed by atoms with Crippen molar-refractivity contribution in [3.05, 3.63) is 35.1 Å². The second-order valence-electron chi connectivity index (χ2n) is 3.96. The van der Waals surface area contributed by atoms with Gasteiger partial charge in [-0.2, -0.15) is 0 Å². The average Bonchev–Trinajstić information content (AvgIpc) is 2.28. The zero-order valence-electron chi connectivity index (χ0n) is 10.2. The number of hydrogen-bond donors (Lipinski definition) is 2. The maximum Gasteiger partial charge on any atom is 0.231 e. The highest BCUT2D eigenvalue weighted by Gasteiger charge is 2.06. The fraction of sp³-hybridized carbons (Fsp3) is 0.308. The lowest BCUT2D eigenvalue weighted by molar-refractivity contribution is -0.118. The van der Waals surface area contributed by atoms with Gasteiger partial charge < -0.3 is 11.5 Å². The first-order chi connectivity index (χ1) is 8.52. The number of rotatable bonds is 4. The predicted molar refractivity (Wildman–Crippen MR) is 67.9 cm³/mol. The molecule has 1 amide bonds. The number of nitrogens with two attached hydrogens (primary N) is 2. The molecule has 1 aromatic carbocycles. The fourth-order valence-electron chi connectivity index (χ4n) is 1.55. The quantitative estimate of drug-likeness (QED) is 0.741. The Hall–Kier alpha value is -1.90. The van der Waals surface area contributed by atoms with E-state index in [2.05, 4.69) is 11.8 Å². The summed E-state index contributed by atoms with van der Waals surface area (Å²) in [5.74, 6) is 4.50. The molecule has 0 radical (unpaired) electrons. The lowest BCUT2D eigenvalue weighted by atomic mass is 10.1. The Morgan fingerprint density at radius 1 is 1.50 bits per heavy atom. The van der Waals surface area contributed by atoms with Crippen LogP contribution in [0, 0.1) is 17.7 Å².